The van der Waals surface area contributed by atoms with Crippen LogP contribution in [0.15, 0.2) is 12.1 Å². The molecular formula is C17H30N2O. The summed E-state index contributed by atoms with van der Waals surface area (Å²) in [5.41, 5.74) is 5.37. The van der Waals surface area contributed by atoms with E-state index in [2.05, 4.69) is 64.0 Å². The normalized spacial score (nSPS) is 11.8. The molecule has 1 rings (SSSR count). The van der Waals surface area contributed by atoms with E-state index in [1.165, 1.54) is 22.4 Å². The number of aryl methyl sites for hydroxylation is 2. The van der Waals surface area contributed by atoms with Crippen LogP contribution < -0.4 is 10.2 Å². The molecular weight excluding hydrogens is 248 g/mol. The van der Waals surface area contributed by atoms with Crippen molar-refractivity contribution < 1.29 is 5.11 Å². The van der Waals surface area contributed by atoms with E-state index in [-0.39, 0.29) is 12.1 Å². The van der Waals surface area contributed by atoms with Crippen molar-refractivity contribution in [3.63, 3.8) is 0 Å². The van der Waals surface area contributed by atoms with Gasteiger partial charge in [-0.25, -0.2) is 0 Å². The molecule has 0 saturated carbocycles. The van der Waals surface area contributed by atoms with Crippen molar-refractivity contribution in [3.8, 4) is 0 Å². The first-order valence-electron chi connectivity index (χ1n) is 7.48. The fourth-order valence-electron chi connectivity index (χ4n) is 2.87. The fraction of sp³-hybridized carbons (Fsp3) is 0.647. The highest BCUT2D eigenvalue weighted by Crippen LogP contribution is 2.27. The molecule has 0 bridgehead atoms. The maximum absolute atomic E-state index is 8.94. The number of β-amino-alcohol motifs (C(OH)–C–C–N with tert-alkyl or cyclic N) is 1. The molecule has 3 heteroatoms. The maximum Gasteiger partial charge on any atom is 0.0556 e. The van der Waals surface area contributed by atoms with Gasteiger partial charge in [0.05, 0.1) is 6.61 Å². The number of hydrogen-bond donors (Lipinski definition) is 2. The first-order chi connectivity index (χ1) is 9.30. The molecule has 0 aliphatic carbocycles. The van der Waals surface area contributed by atoms with E-state index in [4.69, 9.17) is 5.11 Å². The largest absolute Gasteiger partial charge is 0.395 e. The van der Waals surface area contributed by atoms with Crippen LogP contribution in [-0.4, -0.2) is 37.4 Å². The van der Waals surface area contributed by atoms with Crippen molar-refractivity contribution in [2.24, 2.45) is 0 Å². The highest BCUT2D eigenvalue weighted by molar-refractivity contribution is 5.59. The standard InChI is InChI=1S/C17H30N2O/c1-7-19(6)16-13(2)10-15(11-14(16)3)12-17(4,5)18-8-9-20/h10-11,18,20H,7-9,12H2,1-6H3. The molecule has 0 atom stereocenters. The third-order valence-electron chi connectivity index (χ3n) is 3.77. The monoisotopic (exact) mass is 278 g/mol. The summed E-state index contributed by atoms with van der Waals surface area (Å²) in [4.78, 5) is 2.30. The van der Waals surface area contributed by atoms with E-state index in [1.807, 2.05) is 0 Å². The van der Waals surface area contributed by atoms with Crippen LogP contribution in [0.4, 0.5) is 5.69 Å². The number of rotatable bonds is 7. The van der Waals surface area contributed by atoms with Gasteiger partial charge in [-0.2, -0.15) is 0 Å². The van der Waals surface area contributed by atoms with Gasteiger partial charge in [0.25, 0.3) is 0 Å². The van der Waals surface area contributed by atoms with Gasteiger partial charge < -0.3 is 15.3 Å². The van der Waals surface area contributed by atoms with Gasteiger partial charge in [-0.05, 0) is 57.7 Å². The molecule has 20 heavy (non-hydrogen) atoms. The molecule has 0 unspecified atom stereocenters. The number of aliphatic hydroxyl groups excluding tert-OH is 1. The first kappa shape index (κ1) is 17.0. The number of nitrogens with one attached hydrogen (secondary N) is 1. The molecule has 1 aromatic carbocycles. The van der Waals surface area contributed by atoms with Gasteiger partial charge in [0, 0.05) is 31.4 Å². The zero-order chi connectivity index (χ0) is 15.3. The molecule has 0 saturated heterocycles. The van der Waals surface area contributed by atoms with Gasteiger partial charge in [-0.3, -0.25) is 0 Å². The lowest BCUT2D eigenvalue weighted by Gasteiger charge is -2.28. The molecule has 1 aromatic rings. The second-order valence-electron chi connectivity index (χ2n) is 6.30. The summed E-state index contributed by atoms with van der Waals surface area (Å²) in [6, 6.07) is 4.58. The zero-order valence-corrected chi connectivity index (χ0v) is 13.9. The van der Waals surface area contributed by atoms with E-state index in [1.54, 1.807) is 0 Å². The molecule has 3 nitrogen and oxygen atoms in total. The molecule has 0 heterocycles. The Kier molecular flexibility index (Phi) is 6.03. The number of anilines is 1. The number of hydrogen-bond acceptors (Lipinski definition) is 3. The summed E-state index contributed by atoms with van der Waals surface area (Å²) >= 11 is 0. The van der Waals surface area contributed by atoms with Crippen LogP contribution in [0.1, 0.15) is 37.5 Å². The van der Waals surface area contributed by atoms with Gasteiger partial charge in [-0.1, -0.05) is 12.1 Å². The average molecular weight is 278 g/mol. The number of nitrogens with zero attached hydrogens (tertiary/aromatic N) is 1. The quantitative estimate of drug-likeness (QED) is 0.805. The molecule has 114 valence electrons. The Morgan fingerprint density at radius 2 is 1.75 bits per heavy atom. The molecule has 0 amide bonds. The van der Waals surface area contributed by atoms with Gasteiger partial charge in [0.15, 0.2) is 0 Å². The van der Waals surface area contributed by atoms with Crippen LogP contribution in [0.5, 0.6) is 0 Å². The summed E-state index contributed by atoms with van der Waals surface area (Å²) in [5, 5.41) is 12.3. The maximum atomic E-state index is 8.94. The van der Waals surface area contributed by atoms with Crippen molar-refractivity contribution in [1.29, 1.82) is 0 Å². The van der Waals surface area contributed by atoms with Crippen molar-refractivity contribution in [2.45, 2.75) is 46.6 Å². The fourth-order valence-corrected chi connectivity index (χ4v) is 2.87. The average Bonchev–Trinajstić information content (AvgIpc) is 2.34. The summed E-state index contributed by atoms with van der Waals surface area (Å²) < 4.78 is 0. The SMILES string of the molecule is CCN(C)c1c(C)cc(CC(C)(C)NCCO)cc1C. The Bertz CT molecular complexity index is 418. The second kappa shape index (κ2) is 7.09. The van der Waals surface area contributed by atoms with E-state index in [0.717, 1.165) is 13.0 Å². The molecule has 2 N–H and O–H groups in total. The minimum absolute atomic E-state index is 0.000214. The molecule has 0 aliphatic rings. The zero-order valence-electron chi connectivity index (χ0n) is 13.9. The van der Waals surface area contributed by atoms with Crippen LogP contribution in [0.2, 0.25) is 0 Å². The Balaban J connectivity index is 2.94. The minimum Gasteiger partial charge on any atom is -0.395 e. The predicted molar refractivity (Wildman–Crippen MR) is 87.7 cm³/mol. The van der Waals surface area contributed by atoms with E-state index in [0.29, 0.717) is 6.54 Å². The molecule has 0 spiro atoms. The summed E-state index contributed by atoms with van der Waals surface area (Å²) in [6.45, 7) is 12.7. The van der Waals surface area contributed by atoms with Crippen molar-refractivity contribution in [3.05, 3.63) is 28.8 Å². The van der Waals surface area contributed by atoms with Gasteiger partial charge in [0.2, 0.25) is 0 Å². The van der Waals surface area contributed by atoms with Crippen molar-refractivity contribution in [2.75, 3.05) is 31.6 Å². The molecule has 0 aliphatic heterocycles. The smallest absolute Gasteiger partial charge is 0.0556 e. The summed E-state index contributed by atoms with van der Waals surface area (Å²) in [5.74, 6) is 0. The number of aliphatic hydroxyl groups is 1. The molecule has 0 fully saturated rings. The molecule has 0 radical (unpaired) electrons. The topological polar surface area (TPSA) is 35.5 Å². The van der Waals surface area contributed by atoms with Crippen LogP contribution in [0.25, 0.3) is 0 Å². The Morgan fingerprint density at radius 3 is 2.20 bits per heavy atom. The van der Waals surface area contributed by atoms with E-state index in [9.17, 15) is 0 Å². The predicted octanol–water partition coefficient (Wildman–Crippen LogP) is 2.66. The van der Waals surface area contributed by atoms with Crippen LogP contribution >= 0.6 is 0 Å². The lowest BCUT2D eigenvalue weighted by Crippen LogP contribution is -2.42. The summed E-state index contributed by atoms with van der Waals surface area (Å²) in [7, 11) is 2.14. The number of benzene rings is 1. The highest BCUT2D eigenvalue weighted by atomic mass is 16.3. The van der Waals surface area contributed by atoms with E-state index < -0.39 is 0 Å². The lowest BCUT2D eigenvalue weighted by molar-refractivity contribution is 0.265. The Morgan fingerprint density at radius 1 is 1.20 bits per heavy atom. The highest BCUT2D eigenvalue weighted by Gasteiger charge is 2.18. The van der Waals surface area contributed by atoms with Gasteiger partial charge >= 0.3 is 0 Å². The van der Waals surface area contributed by atoms with Crippen LogP contribution in [-0.2, 0) is 6.42 Å². The third-order valence-corrected chi connectivity index (χ3v) is 3.77. The third kappa shape index (κ3) is 4.50. The van der Waals surface area contributed by atoms with Gasteiger partial charge in [0.1, 0.15) is 0 Å². The molecule has 0 aromatic heterocycles. The Labute approximate surface area is 124 Å². The van der Waals surface area contributed by atoms with Crippen LogP contribution in [0.3, 0.4) is 0 Å². The Hall–Kier alpha value is -1.06. The van der Waals surface area contributed by atoms with Gasteiger partial charge in [-0.15, -0.1) is 0 Å². The van der Waals surface area contributed by atoms with E-state index >= 15 is 0 Å². The minimum atomic E-state index is -0.000214. The summed E-state index contributed by atoms with van der Waals surface area (Å²) in [6.07, 6.45) is 0.963. The second-order valence-corrected chi connectivity index (χ2v) is 6.30. The van der Waals surface area contributed by atoms with Crippen molar-refractivity contribution in [1.82, 2.24) is 5.32 Å². The van der Waals surface area contributed by atoms with Crippen LogP contribution in [0, 0.1) is 13.8 Å². The first-order valence-corrected chi connectivity index (χ1v) is 7.48. The van der Waals surface area contributed by atoms with Crippen molar-refractivity contribution >= 4 is 5.69 Å². The lowest BCUT2D eigenvalue weighted by atomic mass is 9.92.